The molecule has 0 aliphatic heterocycles. The summed E-state index contributed by atoms with van der Waals surface area (Å²) in [6.45, 7) is 2.11. The van der Waals surface area contributed by atoms with E-state index in [0.717, 1.165) is 18.3 Å². The van der Waals surface area contributed by atoms with Crippen molar-refractivity contribution < 1.29 is 5.11 Å². The van der Waals surface area contributed by atoms with E-state index in [1.807, 2.05) is 0 Å². The number of hydrogen-bond acceptors (Lipinski definition) is 1. The molecule has 16 heavy (non-hydrogen) atoms. The van der Waals surface area contributed by atoms with Crippen LogP contribution in [0, 0.1) is 24.7 Å². The highest BCUT2D eigenvalue weighted by molar-refractivity contribution is 5.23. The van der Waals surface area contributed by atoms with Gasteiger partial charge in [-0.15, -0.1) is 0 Å². The van der Waals surface area contributed by atoms with Crippen molar-refractivity contribution in [1.29, 1.82) is 0 Å². The maximum absolute atomic E-state index is 10.2. The van der Waals surface area contributed by atoms with E-state index in [1.54, 1.807) is 0 Å². The van der Waals surface area contributed by atoms with Crippen LogP contribution in [-0.2, 0) is 6.42 Å². The molecule has 0 amide bonds. The van der Waals surface area contributed by atoms with Gasteiger partial charge in [-0.3, -0.25) is 0 Å². The Hall–Kier alpha value is -0.820. The Bertz CT molecular complexity index is 375. The highest BCUT2D eigenvalue weighted by Gasteiger charge is 2.55. The molecule has 0 radical (unpaired) electrons. The van der Waals surface area contributed by atoms with Gasteiger partial charge in [0.05, 0.1) is 6.10 Å². The van der Waals surface area contributed by atoms with Crippen molar-refractivity contribution in [2.24, 2.45) is 17.8 Å². The molecule has 0 heterocycles. The van der Waals surface area contributed by atoms with E-state index >= 15 is 0 Å². The summed E-state index contributed by atoms with van der Waals surface area (Å²) >= 11 is 0. The van der Waals surface area contributed by atoms with Crippen LogP contribution in [0.1, 0.15) is 30.4 Å². The van der Waals surface area contributed by atoms with Crippen molar-refractivity contribution >= 4 is 0 Å². The molecule has 0 bridgehead atoms. The SMILES string of the molecule is Cc1cccc(CC(O)C2C3CCCC32)c1. The van der Waals surface area contributed by atoms with Crippen LogP contribution < -0.4 is 0 Å². The fourth-order valence-electron chi connectivity index (χ4n) is 3.66. The van der Waals surface area contributed by atoms with Gasteiger partial charge in [0.1, 0.15) is 0 Å². The predicted molar refractivity (Wildman–Crippen MR) is 65.2 cm³/mol. The molecule has 1 aromatic rings. The molecule has 1 aromatic carbocycles. The number of rotatable bonds is 3. The number of fused-ring (bicyclic) bond motifs is 1. The summed E-state index contributed by atoms with van der Waals surface area (Å²) in [6.07, 6.45) is 4.86. The highest BCUT2D eigenvalue weighted by Crippen LogP contribution is 2.59. The summed E-state index contributed by atoms with van der Waals surface area (Å²) in [5, 5.41) is 10.2. The smallest absolute Gasteiger partial charge is 0.0614 e. The van der Waals surface area contributed by atoms with E-state index in [1.165, 1.54) is 30.4 Å². The summed E-state index contributed by atoms with van der Waals surface area (Å²) in [4.78, 5) is 0. The van der Waals surface area contributed by atoms with Crippen molar-refractivity contribution in [1.82, 2.24) is 0 Å². The minimum atomic E-state index is -0.0999. The number of aliphatic hydroxyl groups is 1. The monoisotopic (exact) mass is 216 g/mol. The van der Waals surface area contributed by atoms with Gasteiger partial charge < -0.3 is 5.11 Å². The number of benzene rings is 1. The molecule has 2 fully saturated rings. The second-order valence-electron chi connectivity index (χ2n) is 5.60. The Morgan fingerprint density at radius 3 is 2.75 bits per heavy atom. The van der Waals surface area contributed by atoms with Crippen LogP contribution in [0.3, 0.4) is 0 Å². The average Bonchev–Trinajstić information content (AvgIpc) is 2.73. The van der Waals surface area contributed by atoms with Gasteiger partial charge in [0.2, 0.25) is 0 Å². The van der Waals surface area contributed by atoms with Crippen LogP contribution in [0.25, 0.3) is 0 Å². The first-order valence-electron chi connectivity index (χ1n) is 6.49. The number of hydrogen-bond donors (Lipinski definition) is 1. The average molecular weight is 216 g/mol. The second kappa shape index (κ2) is 3.89. The van der Waals surface area contributed by atoms with E-state index < -0.39 is 0 Å². The summed E-state index contributed by atoms with van der Waals surface area (Å²) in [5.74, 6) is 2.34. The predicted octanol–water partition coefficient (Wildman–Crippen LogP) is 2.94. The minimum absolute atomic E-state index is 0.0999. The van der Waals surface area contributed by atoms with Crippen LogP contribution in [0.4, 0.5) is 0 Å². The van der Waals surface area contributed by atoms with Gasteiger partial charge in [0.25, 0.3) is 0 Å². The first-order chi connectivity index (χ1) is 7.75. The molecule has 3 atom stereocenters. The third-order valence-corrected chi connectivity index (χ3v) is 4.44. The van der Waals surface area contributed by atoms with Gasteiger partial charge in [-0.25, -0.2) is 0 Å². The maximum Gasteiger partial charge on any atom is 0.0614 e. The molecule has 1 N–H and O–H groups in total. The van der Waals surface area contributed by atoms with Gasteiger partial charge in [-0.2, -0.15) is 0 Å². The second-order valence-corrected chi connectivity index (χ2v) is 5.60. The van der Waals surface area contributed by atoms with Crippen LogP contribution in [-0.4, -0.2) is 11.2 Å². The van der Waals surface area contributed by atoms with E-state index in [9.17, 15) is 5.11 Å². The molecule has 0 aromatic heterocycles. The van der Waals surface area contributed by atoms with Crippen molar-refractivity contribution in [3.63, 3.8) is 0 Å². The summed E-state index contributed by atoms with van der Waals surface area (Å²) < 4.78 is 0. The quantitative estimate of drug-likeness (QED) is 0.823. The molecule has 2 aliphatic rings. The van der Waals surface area contributed by atoms with Gasteiger partial charge in [-0.1, -0.05) is 36.2 Å². The summed E-state index contributed by atoms with van der Waals surface area (Å²) in [7, 11) is 0. The summed E-state index contributed by atoms with van der Waals surface area (Å²) in [6, 6.07) is 8.53. The zero-order valence-corrected chi connectivity index (χ0v) is 9.89. The fourth-order valence-corrected chi connectivity index (χ4v) is 3.66. The molecule has 1 heteroatoms. The normalized spacial score (nSPS) is 33.5. The topological polar surface area (TPSA) is 20.2 Å². The Labute approximate surface area is 97.5 Å². The largest absolute Gasteiger partial charge is 0.392 e. The molecule has 2 saturated carbocycles. The Balaban J connectivity index is 1.63. The lowest BCUT2D eigenvalue weighted by Gasteiger charge is -2.12. The van der Waals surface area contributed by atoms with Gasteiger partial charge >= 0.3 is 0 Å². The molecule has 3 rings (SSSR count). The highest BCUT2D eigenvalue weighted by atomic mass is 16.3. The van der Waals surface area contributed by atoms with E-state index in [4.69, 9.17) is 0 Å². The molecule has 0 saturated heterocycles. The number of aryl methyl sites for hydroxylation is 1. The molecular weight excluding hydrogens is 196 g/mol. The maximum atomic E-state index is 10.2. The van der Waals surface area contributed by atoms with Crippen molar-refractivity contribution in [3.05, 3.63) is 35.4 Å². The van der Waals surface area contributed by atoms with E-state index in [-0.39, 0.29) is 6.10 Å². The van der Waals surface area contributed by atoms with Crippen LogP contribution in [0.2, 0.25) is 0 Å². The third kappa shape index (κ3) is 1.78. The standard InChI is InChI=1S/C15H20O/c1-10-4-2-5-11(8-10)9-14(16)15-12-6-3-7-13(12)15/h2,4-5,8,12-16H,3,6-7,9H2,1H3. The first kappa shape index (κ1) is 10.3. The Morgan fingerprint density at radius 2 is 2.06 bits per heavy atom. The molecule has 2 aliphatic carbocycles. The van der Waals surface area contributed by atoms with E-state index in [2.05, 4.69) is 31.2 Å². The molecule has 0 spiro atoms. The van der Waals surface area contributed by atoms with Crippen LogP contribution in [0.15, 0.2) is 24.3 Å². The van der Waals surface area contributed by atoms with Crippen molar-refractivity contribution in [3.8, 4) is 0 Å². The Kier molecular flexibility index (Phi) is 2.51. The third-order valence-electron chi connectivity index (χ3n) is 4.44. The summed E-state index contributed by atoms with van der Waals surface area (Å²) in [5.41, 5.74) is 2.58. The molecule has 86 valence electrons. The molecule has 1 nitrogen and oxygen atoms in total. The zero-order chi connectivity index (χ0) is 11.1. The van der Waals surface area contributed by atoms with Crippen LogP contribution in [0.5, 0.6) is 0 Å². The lowest BCUT2D eigenvalue weighted by molar-refractivity contribution is 0.135. The molecule has 3 unspecified atom stereocenters. The minimum Gasteiger partial charge on any atom is -0.392 e. The van der Waals surface area contributed by atoms with Crippen LogP contribution >= 0.6 is 0 Å². The fraction of sp³-hybridized carbons (Fsp3) is 0.600. The lowest BCUT2D eigenvalue weighted by atomic mass is 9.99. The number of aliphatic hydroxyl groups excluding tert-OH is 1. The Morgan fingerprint density at radius 1 is 1.31 bits per heavy atom. The lowest BCUT2D eigenvalue weighted by Crippen LogP contribution is -2.16. The zero-order valence-electron chi connectivity index (χ0n) is 9.89. The molecular formula is C15H20O. The van der Waals surface area contributed by atoms with Crippen molar-refractivity contribution in [2.75, 3.05) is 0 Å². The van der Waals surface area contributed by atoms with Crippen molar-refractivity contribution in [2.45, 2.75) is 38.7 Å². The van der Waals surface area contributed by atoms with Gasteiger partial charge in [-0.05, 0) is 49.5 Å². The van der Waals surface area contributed by atoms with Gasteiger partial charge in [0.15, 0.2) is 0 Å². The van der Waals surface area contributed by atoms with Gasteiger partial charge in [0, 0.05) is 0 Å². The first-order valence-corrected chi connectivity index (χ1v) is 6.49. The van der Waals surface area contributed by atoms with E-state index in [0.29, 0.717) is 5.92 Å².